The lowest BCUT2D eigenvalue weighted by Crippen LogP contribution is -2.36. The highest BCUT2D eigenvalue weighted by molar-refractivity contribution is 9.10. The summed E-state index contributed by atoms with van der Waals surface area (Å²) in [6, 6.07) is 25.1. The van der Waals surface area contributed by atoms with Crippen LogP contribution in [-0.2, 0) is 9.59 Å². The molecule has 1 aliphatic heterocycles. The maximum absolute atomic E-state index is 13.2. The Morgan fingerprint density at radius 3 is 2.29 bits per heavy atom. The van der Waals surface area contributed by atoms with Gasteiger partial charge < -0.3 is 10.2 Å². The summed E-state index contributed by atoms with van der Waals surface area (Å²) in [6.07, 6.45) is 3.87. The SMILES string of the molecule is CC(=O)N1C=Cc2ccccc2[C@H]1CC(=O)N[C@H](c1ccccc1)c1ccc(Br)cc1. The molecule has 0 bridgehead atoms. The Labute approximate surface area is 190 Å². The zero-order valence-corrected chi connectivity index (χ0v) is 18.7. The Morgan fingerprint density at radius 2 is 1.58 bits per heavy atom. The third-order valence-corrected chi connectivity index (χ3v) is 6.02. The van der Waals surface area contributed by atoms with Crippen molar-refractivity contribution in [2.45, 2.75) is 25.4 Å². The van der Waals surface area contributed by atoms with Gasteiger partial charge in [-0.25, -0.2) is 0 Å². The number of halogens is 1. The van der Waals surface area contributed by atoms with Gasteiger partial charge in [-0.15, -0.1) is 0 Å². The summed E-state index contributed by atoms with van der Waals surface area (Å²) in [6.45, 7) is 1.53. The van der Waals surface area contributed by atoms with E-state index >= 15 is 0 Å². The first kappa shape index (κ1) is 21.1. The van der Waals surface area contributed by atoms with Gasteiger partial charge in [-0.05, 0) is 40.5 Å². The molecule has 0 unspecified atom stereocenters. The molecule has 4 rings (SSSR count). The van der Waals surface area contributed by atoms with Crippen molar-refractivity contribution in [3.63, 3.8) is 0 Å². The van der Waals surface area contributed by atoms with E-state index in [1.807, 2.05) is 84.9 Å². The van der Waals surface area contributed by atoms with Gasteiger partial charge in [0.05, 0.1) is 18.5 Å². The number of amides is 2. The van der Waals surface area contributed by atoms with Crippen LogP contribution in [0.4, 0.5) is 0 Å². The van der Waals surface area contributed by atoms with Crippen LogP contribution in [0.2, 0.25) is 0 Å². The van der Waals surface area contributed by atoms with E-state index < -0.39 is 0 Å². The van der Waals surface area contributed by atoms with Gasteiger partial charge in [0.25, 0.3) is 0 Å². The van der Waals surface area contributed by atoms with Crippen LogP contribution in [-0.4, -0.2) is 16.7 Å². The van der Waals surface area contributed by atoms with Gasteiger partial charge in [0, 0.05) is 17.6 Å². The van der Waals surface area contributed by atoms with E-state index in [1.54, 1.807) is 11.1 Å². The first-order valence-corrected chi connectivity index (χ1v) is 11.0. The smallest absolute Gasteiger partial charge is 0.223 e. The molecule has 156 valence electrons. The molecule has 3 aromatic rings. The summed E-state index contributed by atoms with van der Waals surface area (Å²) in [7, 11) is 0. The summed E-state index contributed by atoms with van der Waals surface area (Å²) in [4.78, 5) is 27.1. The molecule has 5 heteroatoms. The molecular weight excluding hydrogens is 452 g/mol. The number of carbonyl (C=O) groups is 2. The average Bonchev–Trinajstić information content (AvgIpc) is 2.79. The number of benzene rings is 3. The molecular formula is C26H23BrN2O2. The Balaban J connectivity index is 1.61. The van der Waals surface area contributed by atoms with Crippen molar-refractivity contribution in [2.24, 2.45) is 0 Å². The topological polar surface area (TPSA) is 49.4 Å². The van der Waals surface area contributed by atoms with Crippen molar-refractivity contribution in [3.8, 4) is 0 Å². The molecule has 0 saturated carbocycles. The summed E-state index contributed by atoms with van der Waals surface area (Å²) >= 11 is 3.47. The number of hydrogen-bond donors (Lipinski definition) is 1. The molecule has 2 amide bonds. The molecule has 1 aliphatic rings. The summed E-state index contributed by atoms with van der Waals surface area (Å²) < 4.78 is 0.983. The molecule has 0 aromatic heterocycles. The molecule has 2 atom stereocenters. The number of hydrogen-bond acceptors (Lipinski definition) is 2. The molecule has 3 aromatic carbocycles. The summed E-state index contributed by atoms with van der Waals surface area (Å²) in [5, 5.41) is 3.19. The third-order valence-electron chi connectivity index (χ3n) is 5.49. The van der Waals surface area contributed by atoms with Gasteiger partial charge in [-0.2, -0.15) is 0 Å². The lowest BCUT2D eigenvalue weighted by molar-refractivity contribution is -0.130. The van der Waals surface area contributed by atoms with Crippen LogP contribution in [0.1, 0.15) is 47.7 Å². The van der Waals surface area contributed by atoms with E-state index in [0.717, 1.165) is 26.7 Å². The second-order valence-corrected chi connectivity index (χ2v) is 8.47. The van der Waals surface area contributed by atoms with Gasteiger partial charge in [0.15, 0.2) is 0 Å². The van der Waals surface area contributed by atoms with E-state index in [2.05, 4.69) is 21.2 Å². The van der Waals surface area contributed by atoms with E-state index in [0.29, 0.717) is 0 Å². The highest BCUT2D eigenvalue weighted by Crippen LogP contribution is 2.33. The first-order chi connectivity index (χ1) is 15.0. The minimum atomic E-state index is -0.333. The van der Waals surface area contributed by atoms with Crippen LogP contribution in [0, 0.1) is 0 Å². The average molecular weight is 475 g/mol. The molecule has 1 N–H and O–H groups in total. The molecule has 31 heavy (non-hydrogen) atoms. The second kappa shape index (κ2) is 9.31. The fourth-order valence-electron chi connectivity index (χ4n) is 3.97. The Hall–Kier alpha value is -3.18. The zero-order valence-electron chi connectivity index (χ0n) is 17.2. The van der Waals surface area contributed by atoms with Crippen molar-refractivity contribution >= 4 is 33.8 Å². The molecule has 1 heterocycles. The van der Waals surface area contributed by atoms with E-state index in [1.165, 1.54) is 6.92 Å². The minimum absolute atomic E-state index is 0.0870. The lowest BCUT2D eigenvalue weighted by Gasteiger charge is -2.32. The van der Waals surface area contributed by atoms with Crippen LogP contribution in [0.15, 0.2) is 89.5 Å². The van der Waals surface area contributed by atoms with Crippen molar-refractivity contribution in [3.05, 3.63) is 112 Å². The van der Waals surface area contributed by atoms with E-state index in [-0.39, 0.29) is 30.3 Å². The van der Waals surface area contributed by atoms with Crippen molar-refractivity contribution in [1.82, 2.24) is 10.2 Å². The van der Waals surface area contributed by atoms with Crippen LogP contribution in [0.3, 0.4) is 0 Å². The molecule has 4 nitrogen and oxygen atoms in total. The summed E-state index contributed by atoms with van der Waals surface area (Å²) in [5.74, 6) is -0.200. The third kappa shape index (κ3) is 4.78. The molecule has 0 aliphatic carbocycles. The Morgan fingerprint density at radius 1 is 0.935 bits per heavy atom. The number of fused-ring (bicyclic) bond motifs is 1. The van der Waals surface area contributed by atoms with Crippen LogP contribution >= 0.6 is 15.9 Å². The van der Waals surface area contributed by atoms with Gasteiger partial charge in [-0.1, -0.05) is 82.7 Å². The Bertz CT molecular complexity index is 1110. The van der Waals surface area contributed by atoms with E-state index in [9.17, 15) is 9.59 Å². The van der Waals surface area contributed by atoms with Crippen molar-refractivity contribution in [2.75, 3.05) is 0 Å². The fourth-order valence-corrected chi connectivity index (χ4v) is 4.23. The maximum Gasteiger partial charge on any atom is 0.223 e. The number of carbonyl (C=O) groups excluding carboxylic acids is 2. The number of nitrogens with zero attached hydrogens (tertiary/aromatic N) is 1. The second-order valence-electron chi connectivity index (χ2n) is 7.55. The lowest BCUT2D eigenvalue weighted by atomic mass is 9.93. The van der Waals surface area contributed by atoms with Gasteiger partial charge in [0.1, 0.15) is 0 Å². The zero-order chi connectivity index (χ0) is 21.8. The standard InChI is InChI=1S/C26H23BrN2O2/c1-18(30)29-16-15-19-7-5-6-10-23(19)24(29)17-25(31)28-26(20-8-3-2-4-9-20)21-11-13-22(27)14-12-21/h2-16,24,26H,17H2,1H3,(H,28,31)/t24-,26-/m1/s1. The van der Waals surface area contributed by atoms with Crippen molar-refractivity contribution < 1.29 is 9.59 Å². The quantitative estimate of drug-likeness (QED) is 0.521. The molecule has 0 saturated heterocycles. The van der Waals surface area contributed by atoms with Gasteiger partial charge in [-0.3, -0.25) is 9.59 Å². The van der Waals surface area contributed by atoms with E-state index in [4.69, 9.17) is 0 Å². The van der Waals surface area contributed by atoms with Crippen LogP contribution < -0.4 is 5.32 Å². The fraction of sp³-hybridized carbons (Fsp3) is 0.154. The van der Waals surface area contributed by atoms with Crippen LogP contribution in [0.5, 0.6) is 0 Å². The largest absolute Gasteiger partial charge is 0.345 e. The first-order valence-electron chi connectivity index (χ1n) is 10.2. The maximum atomic E-state index is 13.2. The molecule has 0 radical (unpaired) electrons. The Kier molecular flexibility index (Phi) is 6.33. The predicted octanol–water partition coefficient (Wildman–Crippen LogP) is 5.62. The predicted molar refractivity (Wildman–Crippen MR) is 126 cm³/mol. The highest BCUT2D eigenvalue weighted by atomic mass is 79.9. The number of nitrogens with one attached hydrogen (secondary N) is 1. The molecule has 0 spiro atoms. The highest BCUT2D eigenvalue weighted by Gasteiger charge is 2.29. The molecule has 0 fully saturated rings. The van der Waals surface area contributed by atoms with Gasteiger partial charge in [0.2, 0.25) is 11.8 Å². The monoisotopic (exact) mass is 474 g/mol. The minimum Gasteiger partial charge on any atom is -0.345 e. The van der Waals surface area contributed by atoms with Gasteiger partial charge >= 0.3 is 0 Å². The number of rotatable bonds is 5. The summed E-state index contributed by atoms with van der Waals surface area (Å²) in [5.41, 5.74) is 4.02. The van der Waals surface area contributed by atoms with Crippen LogP contribution in [0.25, 0.3) is 6.08 Å². The van der Waals surface area contributed by atoms with Crippen molar-refractivity contribution in [1.29, 1.82) is 0 Å². The normalized spacial score (nSPS) is 15.8.